The third kappa shape index (κ3) is 4.42. The van der Waals surface area contributed by atoms with Crippen molar-refractivity contribution < 1.29 is 9.18 Å². The number of carbonyl (C=O) groups is 1. The van der Waals surface area contributed by atoms with Crippen molar-refractivity contribution in [2.75, 3.05) is 25.0 Å². The largest absolute Gasteiger partial charge is 0.307 e. The van der Waals surface area contributed by atoms with Gasteiger partial charge in [0.15, 0.2) is 11.6 Å². The minimum atomic E-state index is -0.564. The standard InChI is InChI=1S/C18H24FN5O/c1-12(11-24-7-3-4-8-24)9-15(25)21-18-16(19)17(22-23-18)14-6-5-13(2)20-10-14/h5-6,10,12H,3-4,7-9,11H2,1-2H3,(H2,21,22,23,25). The first kappa shape index (κ1) is 17.5. The number of aromatic amines is 1. The summed E-state index contributed by atoms with van der Waals surface area (Å²) < 4.78 is 14.5. The molecule has 1 atom stereocenters. The Labute approximate surface area is 146 Å². The number of amides is 1. The van der Waals surface area contributed by atoms with E-state index in [1.165, 1.54) is 12.8 Å². The number of likely N-dealkylation sites (tertiary alicyclic amines) is 1. The van der Waals surface area contributed by atoms with Crippen molar-refractivity contribution in [3.8, 4) is 11.3 Å². The van der Waals surface area contributed by atoms with E-state index in [1.54, 1.807) is 18.3 Å². The molecular weight excluding hydrogens is 321 g/mol. The first-order chi connectivity index (χ1) is 12.0. The summed E-state index contributed by atoms with van der Waals surface area (Å²) >= 11 is 0. The summed E-state index contributed by atoms with van der Waals surface area (Å²) in [5, 5.41) is 9.11. The van der Waals surface area contributed by atoms with Gasteiger partial charge in [0, 0.05) is 30.4 Å². The Bertz CT molecular complexity index is 722. The molecule has 6 nitrogen and oxygen atoms in total. The molecule has 1 fully saturated rings. The minimum Gasteiger partial charge on any atom is -0.307 e. The molecule has 3 heterocycles. The van der Waals surface area contributed by atoms with Gasteiger partial charge < -0.3 is 10.2 Å². The van der Waals surface area contributed by atoms with Crippen molar-refractivity contribution in [1.82, 2.24) is 20.1 Å². The molecule has 0 aliphatic carbocycles. The lowest BCUT2D eigenvalue weighted by Crippen LogP contribution is -2.28. The molecule has 1 saturated heterocycles. The van der Waals surface area contributed by atoms with E-state index in [4.69, 9.17) is 0 Å². The molecule has 1 unspecified atom stereocenters. The van der Waals surface area contributed by atoms with Crippen molar-refractivity contribution in [3.63, 3.8) is 0 Å². The number of halogens is 1. The molecular formula is C18H24FN5O. The van der Waals surface area contributed by atoms with Gasteiger partial charge in [-0.2, -0.15) is 5.10 Å². The third-order valence-electron chi connectivity index (χ3n) is 4.47. The van der Waals surface area contributed by atoms with Crippen molar-refractivity contribution in [3.05, 3.63) is 29.8 Å². The number of H-pyrrole nitrogens is 1. The zero-order valence-corrected chi connectivity index (χ0v) is 14.7. The van der Waals surface area contributed by atoms with Gasteiger partial charge in [-0.25, -0.2) is 4.39 Å². The average Bonchev–Trinajstić information content (AvgIpc) is 3.19. The van der Waals surface area contributed by atoms with Gasteiger partial charge in [-0.05, 0) is 50.9 Å². The molecule has 1 amide bonds. The fourth-order valence-corrected chi connectivity index (χ4v) is 3.19. The predicted molar refractivity (Wildman–Crippen MR) is 94.6 cm³/mol. The number of hydrogen-bond acceptors (Lipinski definition) is 4. The molecule has 2 aromatic rings. The lowest BCUT2D eigenvalue weighted by Gasteiger charge is -2.19. The maximum absolute atomic E-state index is 14.5. The number of pyridine rings is 1. The molecule has 25 heavy (non-hydrogen) atoms. The lowest BCUT2D eigenvalue weighted by molar-refractivity contribution is -0.117. The molecule has 0 spiro atoms. The summed E-state index contributed by atoms with van der Waals surface area (Å²) in [4.78, 5) is 18.7. The second-order valence-electron chi connectivity index (χ2n) is 6.81. The third-order valence-corrected chi connectivity index (χ3v) is 4.47. The van der Waals surface area contributed by atoms with Crippen LogP contribution in [0, 0.1) is 18.7 Å². The average molecular weight is 345 g/mol. The van der Waals surface area contributed by atoms with Crippen LogP contribution in [0.2, 0.25) is 0 Å². The van der Waals surface area contributed by atoms with Gasteiger partial charge >= 0.3 is 0 Å². The van der Waals surface area contributed by atoms with Crippen LogP contribution < -0.4 is 5.32 Å². The molecule has 1 aliphatic rings. The minimum absolute atomic E-state index is 0.0612. The number of nitrogens with zero attached hydrogens (tertiary/aromatic N) is 3. The Balaban J connectivity index is 1.59. The summed E-state index contributed by atoms with van der Waals surface area (Å²) in [7, 11) is 0. The molecule has 0 bridgehead atoms. The topological polar surface area (TPSA) is 73.9 Å². The lowest BCUT2D eigenvalue weighted by atomic mass is 10.1. The van der Waals surface area contributed by atoms with Gasteiger partial charge in [0.2, 0.25) is 5.91 Å². The number of carbonyl (C=O) groups excluding carboxylic acids is 1. The molecule has 0 aromatic carbocycles. The number of hydrogen-bond donors (Lipinski definition) is 2. The Morgan fingerprint density at radius 3 is 2.84 bits per heavy atom. The van der Waals surface area contributed by atoms with E-state index in [1.807, 2.05) is 13.8 Å². The first-order valence-electron chi connectivity index (χ1n) is 8.72. The Hall–Kier alpha value is -2.28. The van der Waals surface area contributed by atoms with E-state index in [2.05, 4.69) is 25.4 Å². The molecule has 1 aliphatic heterocycles. The van der Waals surface area contributed by atoms with E-state index >= 15 is 0 Å². The SMILES string of the molecule is Cc1ccc(-c2[nH]nc(NC(=O)CC(C)CN3CCCC3)c2F)cn1. The van der Waals surface area contributed by atoms with Crippen LogP contribution in [0.15, 0.2) is 18.3 Å². The van der Waals surface area contributed by atoms with Crippen LogP contribution in [0.25, 0.3) is 11.3 Å². The van der Waals surface area contributed by atoms with E-state index in [0.717, 1.165) is 25.3 Å². The fourth-order valence-electron chi connectivity index (χ4n) is 3.19. The fraction of sp³-hybridized carbons (Fsp3) is 0.500. The van der Waals surface area contributed by atoms with Crippen LogP contribution in [-0.2, 0) is 4.79 Å². The highest BCUT2D eigenvalue weighted by atomic mass is 19.1. The molecule has 3 rings (SSSR count). The van der Waals surface area contributed by atoms with E-state index < -0.39 is 5.82 Å². The highest BCUT2D eigenvalue weighted by Crippen LogP contribution is 2.25. The quantitative estimate of drug-likeness (QED) is 0.844. The monoisotopic (exact) mass is 345 g/mol. The second-order valence-corrected chi connectivity index (χ2v) is 6.81. The molecule has 2 N–H and O–H groups in total. The summed E-state index contributed by atoms with van der Waals surface area (Å²) in [5.74, 6) is -0.619. The molecule has 134 valence electrons. The molecule has 2 aromatic heterocycles. The van der Waals surface area contributed by atoms with Crippen LogP contribution >= 0.6 is 0 Å². The summed E-state index contributed by atoms with van der Waals surface area (Å²) in [6.45, 7) is 7.02. The van der Waals surface area contributed by atoms with Crippen molar-refractivity contribution >= 4 is 11.7 Å². The van der Waals surface area contributed by atoms with Crippen LogP contribution in [0.4, 0.5) is 10.2 Å². The normalized spacial score (nSPS) is 16.1. The van der Waals surface area contributed by atoms with E-state index in [-0.39, 0.29) is 23.3 Å². The van der Waals surface area contributed by atoms with Crippen molar-refractivity contribution in [2.24, 2.45) is 5.92 Å². The van der Waals surface area contributed by atoms with Crippen molar-refractivity contribution in [2.45, 2.75) is 33.1 Å². The van der Waals surface area contributed by atoms with Crippen molar-refractivity contribution in [1.29, 1.82) is 0 Å². The summed E-state index contributed by atoms with van der Waals surface area (Å²) in [6, 6.07) is 3.57. The predicted octanol–water partition coefficient (Wildman–Crippen LogP) is 2.98. The summed E-state index contributed by atoms with van der Waals surface area (Å²) in [5.41, 5.74) is 1.68. The number of rotatable bonds is 6. The van der Waals surface area contributed by atoms with Crippen LogP contribution in [0.3, 0.4) is 0 Å². The van der Waals surface area contributed by atoms with Crippen LogP contribution in [-0.4, -0.2) is 45.6 Å². The van der Waals surface area contributed by atoms with Gasteiger partial charge in [-0.3, -0.25) is 14.9 Å². The highest BCUT2D eigenvalue weighted by molar-refractivity contribution is 5.90. The Morgan fingerprint density at radius 2 is 2.16 bits per heavy atom. The first-order valence-corrected chi connectivity index (χ1v) is 8.72. The Kier molecular flexibility index (Phi) is 5.43. The maximum Gasteiger partial charge on any atom is 0.225 e. The van der Waals surface area contributed by atoms with Gasteiger partial charge in [0.05, 0.1) is 0 Å². The Morgan fingerprint density at radius 1 is 1.40 bits per heavy atom. The number of nitrogens with one attached hydrogen (secondary N) is 2. The second kappa shape index (κ2) is 7.74. The van der Waals surface area contributed by atoms with Gasteiger partial charge in [-0.15, -0.1) is 0 Å². The molecule has 0 saturated carbocycles. The van der Waals surface area contributed by atoms with E-state index in [0.29, 0.717) is 12.0 Å². The zero-order chi connectivity index (χ0) is 17.8. The van der Waals surface area contributed by atoms with Crippen LogP contribution in [0.5, 0.6) is 0 Å². The smallest absolute Gasteiger partial charge is 0.225 e. The summed E-state index contributed by atoms with van der Waals surface area (Å²) in [6.07, 6.45) is 4.39. The van der Waals surface area contributed by atoms with Crippen LogP contribution in [0.1, 0.15) is 31.9 Å². The highest BCUT2D eigenvalue weighted by Gasteiger charge is 2.20. The maximum atomic E-state index is 14.5. The number of aryl methyl sites for hydroxylation is 1. The van der Waals surface area contributed by atoms with Gasteiger partial charge in [-0.1, -0.05) is 6.92 Å². The van der Waals surface area contributed by atoms with E-state index in [9.17, 15) is 9.18 Å². The molecule has 7 heteroatoms. The number of aromatic nitrogens is 3. The number of anilines is 1. The van der Waals surface area contributed by atoms with Gasteiger partial charge in [0.1, 0.15) is 5.69 Å². The van der Waals surface area contributed by atoms with Gasteiger partial charge in [0.25, 0.3) is 0 Å². The zero-order valence-electron chi connectivity index (χ0n) is 14.7. The molecule has 0 radical (unpaired) electrons.